The third kappa shape index (κ3) is 2.03. The fraction of sp³-hybridized carbons (Fsp3) is 0.455. The van der Waals surface area contributed by atoms with Crippen LogP contribution < -0.4 is 5.69 Å². The van der Waals surface area contributed by atoms with Crippen molar-refractivity contribution in [1.29, 1.82) is 0 Å². The van der Waals surface area contributed by atoms with Gasteiger partial charge in [0.1, 0.15) is 5.82 Å². The summed E-state index contributed by atoms with van der Waals surface area (Å²) in [6, 6.07) is 3.41. The molecule has 0 bridgehead atoms. The molecule has 0 unspecified atom stereocenters. The molecule has 1 aliphatic heterocycles. The van der Waals surface area contributed by atoms with Crippen molar-refractivity contribution in [3.05, 3.63) is 39.3 Å². The molecular formula is C11H12ClN5O. The van der Waals surface area contributed by atoms with Crippen LogP contribution in [0, 0.1) is 0 Å². The van der Waals surface area contributed by atoms with Gasteiger partial charge in [-0.1, -0.05) is 11.6 Å². The number of aromatic nitrogens is 5. The van der Waals surface area contributed by atoms with E-state index in [9.17, 15) is 4.79 Å². The molecule has 3 rings (SSSR count). The molecule has 0 fully saturated rings. The summed E-state index contributed by atoms with van der Waals surface area (Å²) in [5.74, 6) is 0.869. The quantitative estimate of drug-likeness (QED) is 0.808. The first kappa shape index (κ1) is 11.4. The fourth-order valence-electron chi connectivity index (χ4n) is 2.13. The van der Waals surface area contributed by atoms with Gasteiger partial charge in [0.05, 0.1) is 12.2 Å². The minimum Gasteiger partial charge on any atom is -0.279 e. The molecule has 0 aromatic carbocycles. The maximum atomic E-state index is 12.1. The molecule has 0 amide bonds. The second-order valence-electron chi connectivity index (χ2n) is 4.31. The second-order valence-corrected chi connectivity index (χ2v) is 4.70. The number of rotatable bonds is 2. The Labute approximate surface area is 108 Å². The topological polar surface area (TPSA) is 65.6 Å². The van der Waals surface area contributed by atoms with E-state index >= 15 is 0 Å². The summed E-state index contributed by atoms with van der Waals surface area (Å²) in [5.41, 5.74) is 0.610. The largest absolute Gasteiger partial charge is 0.346 e. The third-order valence-corrected chi connectivity index (χ3v) is 3.23. The summed E-state index contributed by atoms with van der Waals surface area (Å²) in [7, 11) is 0. The Balaban J connectivity index is 1.91. The van der Waals surface area contributed by atoms with Crippen LogP contribution in [0.1, 0.15) is 24.4 Å². The first-order valence-corrected chi connectivity index (χ1v) is 6.26. The maximum Gasteiger partial charge on any atom is 0.346 e. The highest BCUT2D eigenvalue weighted by molar-refractivity contribution is 6.29. The van der Waals surface area contributed by atoms with E-state index in [2.05, 4.69) is 15.3 Å². The Kier molecular flexibility index (Phi) is 2.87. The summed E-state index contributed by atoms with van der Waals surface area (Å²) < 4.78 is 3.19. The number of fused-ring (bicyclic) bond motifs is 1. The molecule has 0 radical (unpaired) electrons. The van der Waals surface area contributed by atoms with E-state index in [1.165, 1.54) is 4.68 Å². The molecule has 7 heteroatoms. The average Bonchev–Trinajstić information content (AvgIpc) is 2.70. The zero-order valence-corrected chi connectivity index (χ0v) is 10.5. The number of halogens is 1. The lowest BCUT2D eigenvalue weighted by molar-refractivity contribution is 0.511. The smallest absolute Gasteiger partial charge is 0.279 e. The second kappa shape index (κ2) is 4.53. The molecule has 2 aromatic heterocycles. The summed E-state index contributed by atoms with van der Waals surface area (Å²) in [5, 5.41) is 12.4. The van der Waals surface area contributed by atoms with Gasteiger partial charge in [0.15, 0.2) is 5.15 Å². The Bertz CT molecular complexity index is 615. The lowest BCUT2D eigenvalue weighted by Gasteiger charge is -2.09. The molecule has 0 aliphatic carbocycles. The van der Waals surface area contributed by atoms with Crippen LogP contribution in [-0.4, -0.2) is 24.5 Å². The molecule has 94 valence electrons. The predicted octanol–water partition coefficient (Wildman–Crippen LogP) is 0.873. The zero-order chi connectivity index (χ0) is 12.5. The van der Waals surface area contributed by atoms with Crippen LogP contribution in [0.15, 0.2) is 16.9 Å². The third-order valence-electron chi connectivity index (χ3n) is 3.03. The van der Waals surface area contributed by atoms with E-state index in [1.54, 1.807) is 16.7 Å². The highest BCUT2D eigenvalue weighted by atomic mass is 35.5. The van der Waals surface area contributed by atoms with Crippen LogP contribution >= 0.6 is 11.6 Å². The van der Waals surface area contributed by atoms with Crippen LogP contribution in [0.2, 0.25) is 5.15 Å². The fourth-order valence-corrected chi connectivity index (χ4v) is 2.23. The molecule has 0 saturated carbocycles. The van der Waals surface area contributed by atoms with Crippen molar-refractivity contribution in [2.24, 2.45) is 0 Å². The summed E-state index contributed by atoms with van der Waals surface area (Å²) in [6.45, 7) is 1.10. The lowest BCUT2D eigenvalue weighted by Crippen LogP contribution is -2.27. The molecule has 3 heterocycles. The van der Waals surface area contributed by atoms with Gasteiger partial charge >= 0.3 is 5.69 Å². The SMILES string of the molecule is O=c1n(Cc2ccc(Cl)nn2)nc2n1CCCC2. The van der Waals surface area contributed by atoms with E-state index in [0.717, 1.165) is 31.6 Å². The number of aryl methyl sites for hydroxylation is 1. The average molecular weight is 266 g/mol. The minimum atomic E-state index is -0.0681. The molecule has 6 nitrogen and oxygen atoms in total. The van der Waals surface area contributed by atoms with Crippen molar-refractivity contribution >= 4 is 11.6 Å². The van der Waals surface area contributed by atoms with Crippen molar-refractivity contribution in [3.8, 4) is 0 Å². The first-order valence-electron chi connectivity index (χ1n) is 5.88. The van der Waals surface area contributed by atoms with Crippen LogP contribution in [0.5, 0.6) is 0 Å². The molecular weight excluding hydrogens is 254 g/mol. The van der Waals surface area contributed by atoms with Gasteiger partial charge in [0, 0.05) is 13.0 Å². The van der Waals surface area contributed by atoms with Crippen molar-refractivity contribution in [2.45, 2.75) is 32.4 Å². The Morgan fingerprint density at radius 1 is 1.28 bits per heavy atom. The van der Waals surface area contributed by atoms with Crippen LogP contribution in [0.4, 0.5) is 0 Å². The van der Waals surface area contributed by atoms with Gasteiger partial charge in [0.2, 0.25) is 0 Å². The van der Waals surface area contributed by atoms with Gasteiger partial charge in [-0.25, -0.2) is 9.48 Å². The molecule has 1 aliphatic rings. The maximum absolute atomic E-state index is 12.1. The lowest BCUT2D eigenvalue weighted by atomic mass is 10.2. The van der Waals surface area contributed by atoms with Crippen LogP contribution in [-0.2, 0) is 19.5 Å². The molecule has 0 saturated heterocycles. The zero-order valence-electron chi connectivity index (χ0n) is 9.71. The number of hydrogen-bond acceptors (Lipinski definition) is 4. The van der Waals surface area contributed by atoms with E-state index < -0.39 is 0 Å². The van der Waals surface area contributed by atoms with Gasteiger partial charge in [-0.15, -0.1) is 5.10 Å². The van der Waals surface area contributed by atoms with E-state index in [-0.39, 0.29) is 5.69 Å². The van der Waals surface area contributed by atoms with Crippen LogP contribution in [0.3, 0.4) is 0 Å². The van der Waals surface area contributed by atoms with Crippen molar-refractivity contribution in [1.82, 2.24) is 24.5 Å². The van der Waals surface area contributed by atoms with Gasteiger partial charge < -0.3 is 0 Å². The standard InChI is InChI=1S/C11H12ClN5O/c12-9-5-4-8(13-14-9)7-17-11(18)16-6-2-1-3-10(16)15-17/h4-5H,1-3,6-7H2. The van der Waals surface area contributed by atoms with Gasteiger partial charge in [-0.2, -0.15) is 10.2 Å². The van der Waals surface area contributed by atoms with Gasteiger partial charge in [-0.3, -0.25) is 4.57 Å². The molecule has 0 N–H and O–H groups in total. The summed E-state index contributed by atoms with van der Waals surface area (Å²) >= 11 is 5.67. The highest BCUT2D eigenvalue weighted by Crippen LogP contribution is 2.10. The van der Waals surface area contributed by atoms with E-state index in [1.807, 2.05) is 0 Å². The summed E-state index contributed by atoms with van der Waals surface area (Å²) in [4.78, 5) is 12.1. The molecule has 2 aromatic rings. The normalized spacial score (nSPS) is 14.5. The van der Waals surface area contributed by atoms with Crippen molar-refractivity contribution in [3.63, 3.8) is 0 Å². The summed E-state index contributed by atoms with van der Waals surface area (Å²) in [6.07, 6.45) is 3.01. The molecule has 0 spiro atoms. The van der Waals surface area contributed by atoms with Gasteiger partial charge in [0.25, 0.3) is 0 Å². The number of nitrogens with zero attached hydrogens (tertiary/aromatic N) is 5. The molecule has 18 heavy (non-hydrogen) atoms. The minimum absolute atomic E-state index is 0.0681. The predicted molar refractivity (Wildman–Crippen MR) is 65.6 cm³/mol. The Morgan fingerprint density at radius 3 is 2.89 bits per heavy atom. The van der Waals surface area contributed by atoms with Crippen molar-refractivity contribution < 1.29 is 0 Å². The monoisotopic (exact) mass is 265 g/mol. The Hall–Kier alpha value is -1.69. The van der Waals surface area contributed by atoms with E-state index in [4.69, 9.17) is 11.6 Å². The van der Waals surface area contributed by atoms with Crippen molar-refractivity contribution in [2.75, 3.05) is 0 Å². The number of hydrogen-bond donors (Lipinski definition) is 0. The first-order chi connectivity index (χ1) is 8.74. The molecule has 0 atom stereocenters. The van der Waals surface area contributed by atoms with E-state index in [0.29, 0.717) is 17.4 Å². The highest BCUT2D eigenvalue weighted by Gasteiger charge is 2.16. The van der Waals surface area contributed by atoms with Crippen LogP contribution in [0.25, 0.3) is 0 Å². The Morgan fingerprint density at radius 2 is 2.17 bits per heavy atom. The van der Waals surface area contributed by atoms with Gasteiger partial charge in [-0.05, 0) is 25.0 Å².